The number of rotatable bonds is 3. The Bertz CT molecular complexity index is 165. The van der Waals surface area contributed by atoms with E-state index in [0.29, 0.717) is 6.61 Å². The molecule has 0 unspecified atom stereocenters. The van der Waals surface area contributed by atoms with Crippen LogP contribution in [0.25, 0.3) is 0 Å². The Morgan fingerprint density at radius 2 is 2.42 bits per heavy atom. The van der Waals surface area contributed by atoms with Gasteiger partial charge in [-0.25, -0.2) is 0 Å². The minimum absolute atomic E-state index is 0.0100. The Labute approximate surface area is 72.7 Å². The number of ether oxygens (including phenoxy) is 1. The summed E-state index contributed by atoms with van der Waals surface area (Å²) in [4.78, 5) is 0. The summed E-state index contributed by atoms with van der Waals surface area (Å²) in [6, 6.07) is 0. The highest BCUT2D eigenvalue weighted by molar-refractivity contribution is 5.08. The van der Waals surface area contributed by atoms with E-state index in [1.165, 1.54) is 5.57 Å². The maximum Gasteiger partial charge on any atom is 0.102 e. The number of allylic oxidation sites excluding steroid dienone is 1. The lowest BCUT2D eigenvalue weighted by atomic mass is 9.96. The number of aliphatic hydroxyl groups is 2. The topological polar surface area (TPSA) is 49.7 Å². The second-order valence-corrected chi connectivity index (χ2v) is 3.18. The van der Waals surface area contributed by atoms with Gasteiger partial charge in [-0.3, -0.25) is 0 Å². The van der Waals surface area contributed by atoms with Crippen LogP contribution in [0, 0.1) is 0 Å². The minimum atomic E-state index is -0.403. The Morgan fingerprint density at radius 1 is 1.67 bits per heavy atom. The van der Waals surface area contributed by atoms with E-state index in [2.05, 4.69) is 0 Å². The third-order valence-corrected chi connectivity index (χ3v) is 2.06. The Hall–Kier alpha value is -0.380. The Morgan fingerprint density at radius 3 is 3.08 bits per heavy atom. The van der Waals surface area contributed by atoms with Crippen LogP contribution in [0.15, 0.2) is 11.6 Å². The maximum atomic E-state index is 9.46. The highest BCUT2D eigenvalue weighted by atomic mass is 16.5. The lowest BCUT2D eigenvalue weighted by molar-refractivity contribution is -0.0288. The molecule has 70 valence electrons. The molecule has 0 spiro atoms. The van der Waals surface area contributed by atoms with Crippen molar-refractivity contribution in [1.29, 1.82) is 0 Å². The lowest BCUT2D eigenvalue weighted by Gasteiger charge is -2.25. The van der Waals surface area contributed by atoms with Crippen molar-refractivity contribution in [2.45, 2.75) is 32.0 Å². The van der Waals surface area contributed by atoms with Crippen molar-refractivity contribution >= 4 is 0 Å². The van der Waals surface area contributed by atoms with Gasteiger partial charge in [0.05, 0.1) is 19.3 Å². The summed E-state index contributed by atoms with van der Waals surface area (Å²) in [5.74, 6) is 0. The number of hydrogen-bond acceptors (Lipinski definition) is 3. The van der Waals surface area contributed by atoms with E-state index in [0.717, 1.165) is 12.8 Å². The fraction of sp³-hybridized carbons (Fsp3) is 0.778. The molecule has 0 aliphatic heterocycles. The van der Waals surface area contributed by atoms with E-state index in [1.54, 1.807) is 0 Å². The first-order chi connectivity index (χ1) is 5.74. The molecular formula is C9H16O3. The fourth-order valence-corrected chi connectivity index (χ4v) is 1.36. The first kappa shape index (κ1) is 9.71. The maximum absolute atomic E-state index is 9.46. The second-order valence-electron chi connectivity index (χ2n) is 3.18. The zero-order valence-electron chi connectivity index (χ0n) is 7.36. The van der Waals surface area contributed by atoms with Crippen LogP contribution in [0.2, 0.25) is 0 Å². The molecule has 0 saturated heterocycles. The average Bonchev–Trinajstić information content (AvgIpc) is 2.07. The van der Waals surface area contributed by atoms with Gasteiger partial charge in [-0.15, -0.1) is 0 Å². The van der Waals surface area contributed by atoms with E-state index in [-0.39, 0.29) is 12.7 Å². The monoisotopic (exact) mass is 172 g/mol. The predicted octanol–water partition coefficient (Wildman–Crippen LogP) is 0.465. The number of aliphatic hydroxyl groups excluding tert-OH is 2. The first-order valence-electron chi connectivity index (χ1n) is 4.32. The Kier molecular flexibility index (Phi) is 3.72. The second kappa shape index (κ2) is 4.60. The molecule has 1 aliphatic rings. The third-order valence-electron chi connectivity index (χ3n) is 2.06. The summed E-state index contributed by atoms with van der Waals surface area (Å²) in [6.07, 6.45) is 3.02. The molecule has 3 nitrogen and oxygen atoms in total. The average molecular weight is 172 g/mol. The lowest BCUT2D eigenvalue weighted by Crippen LogP contribution is -2.31. The Balaban J connectivity index is 2.43. The summed E-state index contributed by atoms with van der Waals surface area (Å²) in [5, 5.41) is 18.0. The molecule has 0 aromatic rings. The molecule has 1 rings (SSSR count). The van der Waals surface area contributed by atoms with Gasteiger partial charge in [-0.2, -0.15) is 0 Å². The minimum Gasteiger partial charge on any atom is -0.394 e. The van der Waals surface area contributed by atoms with Crippen molar-refractivity contribution in [3.8, 4) is 0 Å². The van der Waals surface area contributed by atoms with E-state index in [4.69, 9.17) is 9.84 Å². The molecule has 2 atom stereocenters. The van der Waals surface area contributed by atoms with Gasteiger partial charge in [0, 0.05) is 0 Å². The van der Waals surface area contributed by atoms with Crippen molar-refractivity contribution < 1.29 is 14.9 Å². The smallest absolute Gasteiger partial charge is 0.102 e. The molecule has 0 bridgehead atoms. The van der Waals surface area contributed by atoms with E-state index < -0.39 is 6.10 Å². The molecule has 0 aromatic carbocycles. The molecule has 0 aromatic heterocycles. The van der Waals surface area contributed by atoms with Crippen molar-refractivity contribution in [2.24, 2.45) is 0 Å². The summed E-state index contributed by atoms with van der Waals surface area (Å²) < 4.78 is 5.24. The number of hydrogen-bond donors (Lipinski definition) is 2. The standard InChI is InChI=1S/C9H16O3/c1-7-2-3-8(11)9(6-7)12-5-4-10/h6,8-11H,2-5H2,1H3/t8-,9-/m0/s1. The molecule has 12 heavy (non-hydrogen) atoms. The van der Waals surface area contributed by atoms with E-state index in [9.17, 15) is 5.11 Å². The largest absolute Gasteiger partial charge is 0.394 e. The van der Waals surface area contributed by atoms with Crippen molar-refractivity contribution in [1.82, 2.24) is 0 Å². The van der Waals surface area contributed by atoms with Gasteiger partial charge in [0.25, 0.3) is 0 Å². The van der Waals surface area contributed by atoms with Gasteiger partial charge in [-0.1, -0.05) is 11.6 Å². The predicted molar refractivity (Wildman–Crippen MR) is 45.8 cm³/mol. The van der Waals surface area contributed by atoms with Gasteiger partial charge in [-0.05, 0) is 19.8 Å². The molecule has 0 radical (unpaired) electrons. The van der Waals surface area contributed by atoms with Crippen LogP contribution in [0.5, 0.6) is 0 Å². The van der Waals surface area contributed by atoms with Gasteiger partial charge < -0.3 is 14.9 Å². The van der Waals surface area contributed by atoms with Crippen LogP contribution < -0.4 is 0 Å². The molecular weight excluding hydrogens is 156 g/mol. The van der Waals surface area contributed by atoms with Crippen molar-refractivity contribution in [3.63, 3.8) is 0 Å². The molecule has 0 fully saturated rings. The highest BCUT2D eigenvalue weighted by Gasteiger charge is 2.21. The summed E-state index contributed by atoms with van der Waals surface area (Å²) in [6.45, 7) is 2.34. The van der Waals surface area contributed by atoms with E-state index in [1.807, 2.05) is 13.0 Å². The van der Waals surface area contributed by atoms with Crippen LogP contribution in [0.1, 0.15) is 19.8 Å². The molecule has 0 heterocycles. The first-order valence-corrected chi connectivity index (χ1v) is 4.32. The third kappa shape index (κ3) is 2.59. The molecule has 2 N–H and O–H groups in total. The SMILES string of the molecule is CC1=C[C@H](OCCO)[C@@H](O)CC1. The summed E-state index contributed by atoms with van der Waals surface area (Å²) >= 11 is 0. The summed E-state index contributed by atoms with van der Waals surface area (Å²) in [7, 11) is 0. The quantitative estimate of drug-likeness (QED) is 0.608. The van der Waals surface area contributed by atoms with Crippen LogP contribution in [0.4, 0.5) is 0 Å². The summed E-state index contributed by atoms with van der Waals surface area (Å²) in [5.41, 5.74) is 1.25. The van der Waals surface area contributed by atoms with Crippen LogP contribution in [-0.2, 0) is 4.74 Å². The van der Waals surface area contributed by atoms with Crippen LogP contribution in [-0.4, -0.2) is 35.6 Å². The zero-order valence-corrected chi connectivity index (χ0v) is 7.36. The van der Waals surface area contributed by atoms with Crippen molar-refractivity contribution in [2.75, 3.05) is 13.2 Å². The molecule has 3 heteroatoms. The van der Waals surface area contributed by atoms with Gasteiger partial charge in [0.1, 0.15) is 6.10 Å². The van der Waals surface area contributed by atoms with E-state index >= 15 is 0 Å². The van der Waals surface area contributed by atoms with Crippen molar-refractivity contribution in [3.05, 3.63) is 11.6 Å². The van der Waals surface area contributed by atoms with Crippen LogP contribution in [0.3, 0.4) is 0 Å². The fourth-order valence-electron chi connectivity index (χ4n) is 1.36. The normalized spacial score (nSPS) is 30.1. The van der Waals surface area contributed by atoms with Gasteiger partial charge in [0.2, 0.25) is 0 Å². The highest BCUT2D eigenvalue weighted by Crippen LogP contribution is 2.19. The molecule has 0 amide bonds. The van der Waals surface area contributed by atoms with Gasteiger partial charge in [0.15, 0.2) is 0 Å². The van der Waals surface area contributed by atoms with Gasteiger partial charge >= 0.3 is 0 Å². The molecule has 0 saturated carbocycles. The zero-order chi connectivity index (χ0) is 8.97. The van der Waals surface area contributed by atoms with Crippen LogP contribution >= 0.6 is 0 Å². The molecule has 1 aliphatic carbocycles.